The molecule has 0 aliphatic carbocycles. The molecule has 0 radical (unpaired) electrons. The third-order valence-electron chi connectivity index (χ3n) is 4.09. The number of hydrogen-bond donors (Lipinski definition) is 1. The van der Waals surface area contributed by atoms with Crippen LogP contribution >= 0.6 is 0 Å². The molecule has 3 heterocycles. The van der Waals surface area contributed by atoms with Crippen LogP contribution in [0.3, 0.4) is 0 Å². The SMILES string of the molecule is CC1CC(C)CN(C(=O)NCc2cccnc2-n2cncn2)C1. The highest BCUT2D eigenvalue weighted by Gasteiger charge is 2.25. The number of carbonyl (C=O) groups excluding carboxylic acids is 1. The summed E-state index contributed by atoms with van der Waals surface area (Å²) in [5, 5.41) is 7.10. The Bertz CT molecular complexity index is 646. The molecule has 23 heavy (non-hydrogen) atoms. The molecule has 1 aliphatic rings. The monoisotopic (exact) mass is 314 g/mol. The zero-order valence-electron chi connectivity index (χ0n) is 13.5. The van der Waals surface area contributed by atoms with Crippen molar-refractivity contribution in [2.24, 2.45) is 11.8 Å². The largest absolute Gasteiger partial charge is 0.334 e. The first kappa shape index (κ1) is 15.5. The van der Waals surface area contributed by atoms with Gasteiger partial charge in [-0.05, 0) is 24.3 Å². The van der Waals surface area contributed by atoms with Crippen molar-refractivity contribution < 1.29 is 4.79 Å². The highest BCUT2D eigenvalue weighted by atomic mass is 16.2. The van der Waals surface area contributed by atoms with E-state index in [1.807, 2.05) is 17.0 Å². The smallest absolute Gasteiger partial charge is 0.317 e. The molecule has 2 amide bonds. The molecule has 2 aromatic heterocycles. The van der Waals surface area contributed by atoms with Crippen LogP contribution in [0.2, 0.25) is 0 Å². The van der Waals surface area contributed by atoms with Crippen molar-refractivity contribution in [1.29, 1.82) is 0 Å². The lowest BCUT2D eigenvalue weighted by Crippen LogP contribution is -2.47. The standard InChI is InChI=1S/C16H22N6O/c1-12-6-13(2)9-21(8-12)16(23)19-7-14-4-3-5-18-15(14)22-11-17-10-20-22/h3-5,10-13H,6-9H2,1-2H3,(H,19,23). The first-order valence-corrected chi connectivity index (χ1v) is 7.95. The molecule has 1 fully saturated rings. The van der Waals surface area contributed by atoms with E-state index in [9.17, 15) is 4.79 Å². The Hall–Kier alpha value is -2.44. The van der Waals surface area contributed by atoms with Gasteiger partial charge in [0.2, 0.25) is 0 Å². The third kappa shape index (κ3) is 3.67. The zero-order valence-corrected chi connectivity index (χ0v) is 13.5. The van der Waals surface area contributed by atoms with Crippen LogP contribution in [0.1, 0.15) is 25.8 Å². The number of pyridine rings is 1. The normalized spacial score (nSPS) is 21.2. The molecule has 0 aromatic carbocycles. The summed E-state index contributed by atoms with van der Waals surface area (Å²) in [5.41, 5.74) is 0.907. The fraction of sp³-hybridized carbons (Fsp3) is 0.500. The predicted molar refractivity (Wildman–Crippen MR) is 85.9 cm³/mol. The molecule has 2 aromatic rings. The number of nitrogens with zero attached hydrogens (tertiary/aromatic N) is 5. The van der Waals surface area contributed by atoms with Gasteiger partial charge in [0.25, 0.3) is 0 Å². The van der Waals surface area contributed by atoms with Crippen LogP contribution in [0.5, 0.6) is 0 Å². The molecule has 2 unspecified atom stereocenters. The molecule has 7 nitrogen and oxygen atoms in total. The van der Waals surface area contributed by atoms with Gasteiger partial charge >= 0.3 is 6.03 Å². The van der Waals surface area contributed by atoms with Crippen molar-refractivity contribution in [3.8, 4) is 5.82 Å². The molecule has 122 valence electrons. The number of likely N-dealkylation sites (tertiary alicyclic amines) is 1. The minimum Gasteiger partial charge on any atom is -0.334 e. The van der Waals surface area contributed by atoms with Crippen molar-refractivity contribution in [3.05, 3.63) is 36.5 Å². The molecule has 0 spiro atoms. The molecule has 7 heteroatoms. The fourth-order valence-corrected chi connectivity index (χ4v) is 3.20. The second-order valence-corrected chi connectivity index (χ2v) is 6.34. The van der Waals surface area contributed by atoms with Gasteiger partial charge in [0.05, 0.1) is 0 Å². The quantitative estimate of drug-likeness (QED) is 0.938. The Kier molecular flexibility index (Phi) is 4.55. The summed E-state index contributed by atoms with van der Waals surface area (Å²) in [5.74, 6) is 1.79. The number of carbonyl (C=O) groups is 1. The Morgan fingerprint density at radius 2 is 2.13 bits per heavy atom. The van der Waals surface area contributed by atoms with Crippen LogP contribution < -0.4 is 5.32 Å². The van der Waals surface area contributed by atoms with Gasteiger partial charge in [-0.1, -0.05) is 19.9 Å². The number of hydrogen-bond acceptors (Lipinski definition) is 4. The molecule has 0 bridgehead atoms. The van der Waals surface area contributed by atoms with Crippen molar-refractivity contribution in [1.82, 2.24) is 30.0 Å². The summed E-state index contributed by atoms with van der Waals surface area (Å²) >= 11 is 0. The Morgan fingerprint density at radius 3 is 2.83 bits per heavy atom. The fourth-order valence-electron chi connectivity index (χ4n) is 3.20. The maximum Gasteiger partial charge on any atom is 0.317 e. The lowest BCUT2D eigenvalue weighted by molar-refractivity contribution is 0.146. The van der Waals surface area contributed by atoms with Crippen LogP contribution in [-0.2, 0) is 6.54 Å². The molecule has 1 aliphatic heterocycles. The van der Waals surface area contributed by atoms with E-state index in [2.05, 4.69) is 34.2 Å². The van der Waals surface area contributed by atoms with Gasteiger partial charge in [0, 0.05) is 31.4 Å². The zero-order chi connectivity index (χ0) is 16.2. The number of nitrogens with one attached hydrogen (secondary N) is 1. The van der Waals surface area contributed by atoms with E-state index >= 15 is 0 Å². The van der Waals surface area contributed by atoms with E-state index in [1.54, 1.807) is 17.2 Å². The van der Waals surface area contributed by atoms with Crippen LogP contribution in [0, 0.1) is 11.8 Å². The lowest BCUT2D eigenvalue weighted by atomic mass is 9.92. The molecular weight excluding hydrogens is 292 g/mol. The van der Waals surface area contributed by atoms with Gasteiger partial charge in [-0.15, -0.1) is 0 Å². The Morgan fingerprint density at radius 1 is 1.35 bits per heavy atom. The van der Waals surface area contributed by atoms with Gasteiger partial charge in [0.1, 0.15) is 12.7 Å². The van der Waals surface area contributed by atoms with E-state index in [4.69, 9.17) is 0 Å². The lowest BCUT2D eigenvalue weighted by Gasteiger charge is -2.35. The second kappa shape index (κ2) is 6.76. The summed E-state index contributed by atoms with van der Waals surface area (Å²) in [6, 6.07) is 3.77. The summed E-state index contributed by atoms with van der Waals surface area (Å²) in [4.78, 5) is 22.6. The maximum absolute atomic E-state index is 12.4. The molecule has 2 atom stereocenters. The van der Waals surface area contributed by atoms with E-state index in [0.29, 0.717) is 24.2 Å². The van der Waals surface area contributed by atoms with Gasteiger partial charge in [-0.2, -0.15) is 5.10 Å². The highest BCUT2D eigenvalue weighted by Crippen LogP contribution is 2.21. The number of urea groups is 1. The van der Waals surface area contributed by atoms with Crippen molar-refractivity contribution in [2.75, 3.05) is 13.1 Å². The summed E-state index contributed by atoms with van der Waals surface area (Å²) in [6.07, 6.45) is 5.95. The molecular formula is C16H22N6O. The van der Waals surface area contributed by atoms with Crippen molar-refractivity contribution in [2.45, 2.75) is 26.8 Å². The highest BCUT2D eigenvalue weighted by molar-refractivity contribution is 5.74. The number of amides is 2. The van der Waals surface area contributed by atoms with E-state index in [0.717, 1.165) is 18.7 Å². The van der Waals surface area contributed by atoms with Crippen LogP contribution in [0.25, 0.3) is 5.82 Å². The van der Waals surface area contributed by atoms with Crippen LogP contribution in [0.15, 0.2) is 31.0 Å². The molecule has 0 saturated carbocycles. The van der Waals surface area contributed by atoms with Crippen LogP contribution in [0.4, 0.5) is 4.79 Å². The third-order valence-corrected chi connectivity index (χ3v) is 4.09. The number of aromatic nitrogens is 4. The average Bonchev–Trinajstić information content (AvgIpc) is 3.06. The Balaban J connectivity index is 1.66. The predicted octanol–water partition coefficient (Wildman–Crippen LogP) is 1.85. The maximum atomic E-state index is 12.4. The second-order valence-electron chi connectivity index (χ2n) is 6.34. The first-order chi connectivity index (χ1) is 11.1. The molecule has 1 saturated heterocycles. The van der Waals surface area contributed by atoms with Crippen molar-refractivity contribution in [3.63, 3.8) is 0 Å². The minimum absolute atomic E-state index is 0.0169. The summed E-state index contributed by atoms with van der Waals surface area (Å²) in [7, 11) is 0. The summed E-state index contributed by atoms with van der Waals surface area (Å²) < 4.78 is 1.60. The average molecular weight is 314 g/mol. The molecule has 3 rings (SSSR count). The van der Waals surface area contributed by atoms with Crippen molar-refractivity contribution >= 4 is 6.03 Å². The molecule has 1 N–H and O–H groups in total. The van der Waals surface area contributed by atoms with Gasteiger partial charge in [-0.3, -0.25) is 0 Å². The van der Waals surface area contributed by atoms with E-state index in [1.165, 1.54) is 12.7 Å². The minimum atomic E-state index is -0.0169. The number of rotatable bonds is 3. The summed E-state index contributed by atoms with van der Waals surface area (Å²) in [6.45, 7) is 6.44. The van der Waals surface area contributed by atoms with Gasteiger partial charge < -0.3 is 10.2 Å². The topological polar surface area (TPSA) is 75.9 Å². The van der Waals surface area contributed by atoms with E-state index in [-0.39, 0.29) is 6.03 Å². The van der Waals surface area contributed by atoms with Gasteiger partial charge in [-0.25, -0.2) is 19.4 Å². The first-order valence-electron chi connectivity index (χ1n) is 7.95. The van der Waals surface area contributed by atoms with E-state index < -0.39 is 0 Å². The Labute approximate surface area is 135 Å². The van der Waals surface area contributed by atoms with Gasteiger partial charge in [0.15, 0.2) is 5.82 Å². The number of piperidine rings is 1. The van der Waals surface area contributed by atoms with Crippen LogP contribution in [-0.4, -0.2) is 43.8 Å².